The summed E-state index contributed by atoms with van der Waals surface area (Å²) in [6.45, 7) is 6.90. The fourth-order valence-electron chi connectivity index (χ4n) is 3.59. The zero-order chi connectivity index (χ0) is 23.3. The third-order valence-corrected chi connectivity index (χ3v) is 7.66. The van der Waals surface area contributed by atoms with E-state index in [1.54, 1.807) is 24.0 Å². The van der Waals surface area contributed by atoms with Gasteiger partial charge in [0.1, 0.15) is 6.61 Å². The van der Waals surface area contributed by atoms with Crippen LogP contribution in [0.15, 0.2) is 47.4 Å². The summed E-state index contributed by atoms with van der Waals surface area (Å²) in [5.74, 6) is -0.587. The molecule has 1 fully saturated rings. The maximum atomic E-state index is 13.0. The molecule has 1 heterocycles. The van der Waals surface area contributed by atoms with Crippen molar-refractivity contribution in [2.45, 2.75) is 45.1 Å². The quantitative estimate of drug-likeness (QED) is 0.596. The molecule has 1 amide bonds. The lowest BCUT2D eigenvalue weighted by Crippen LogP contribution is -2.50. The maximum Gasteiger partial charge on any atom is 0.306 e. The molecular formula is C24H30N2O5S. The zero-order valence-corrected chi connectivity index (χ0v) is 19.7. The molecule has 1 aliphatic heterocycles. The Morgan fingerprint density at radius 1 is 0.875 bits per heavy atom. The van der Waals surface area contributed by atoms with Crippen LogP contribution in [0.1, 0.15) is 35.1 Å². The van der Waals surface area contributed by atoms with Crippen molar-refractivity contribution in [3.05, 3.63) is 64.7 Å². The Kier molecular flexibility index (Phi) is 7.69. The number of amides is 1. The van der Waals surface area contributed by atoms with Crippen molar-refractivity contribution in [1.29, 1.82) is 0 Å². The van der Waals surface area contributed by atoms with E-state index < -0.39 is 16.0 Å². The summed E-state index contributed by atoms with van der Waals surface area (Å²) in [6.07, 6.45) is 0.0577. The standard InChI is InChI=1S/C24H30N2O5S/c1-18-5-8-21(9-6-18)17-31-24(28)11-10-23(27)25-12-14-26(15-13-25)32(29,30)22-16-19(2)4-7-20(22)3/h4-9,16H,10-15,17H2,1-3H3. The van der Waals surface area contributed by atoms with Crippen LogP contribution in [0.4, 0.5) is 0 Å². The van der Waals surface area contributed by atoms with Crippen LogP contribution in [0.3, 0.4) is 0 Å². The number of benzene rings is 2. The van der Waals surface area contributed by atoms with Gasteiger partial charge in [-0.1, -0.05) is 42.0 Å². The zero-order valence-electron chi connectivity index (χ0n) is 18.8. The Morgan fingerprint density at radius 2 is 1.50 bits per heavy atom. The molecule has 32 heavy (non-hydrogen) atoms. The van der Waals surface area contributed by atoms with E-state index in [9.17, 15) is 18.0 Å². The topological polar surface area (TPSA) is 84.0 Å². The molecule has 0 radical (unpaired) electrons. The lowest BCUT2D eigenvalue weighted by Gasteiger charge is -2.34. The molecule has 8 heteroatoms. The van der Waals surface area contributed by atoms with Gasteiger partial charge in [-0.15, -0.1) is 0 Å². The minimum absolute atomic E-state index is 0.00565. The number of nitrogens with zero attached hydrogens (tertiary/aromatic N) is 2. The summed E-state index contributed by atoms with van der Waals surface area (Å²) >= 11 is 0. The first-order chi connectivity index (χ1) is 15.2. The summed E-state index contributed by atoms with van der Waals surface area (Å²) in [5.41, 5.74) is 3.62. The Bertz CT molecular complexity index is 1070. The minimum atomic E-state index is -3.61. The smallest absolute Gasteiger partial charge is 0.306 e. The van der Waals surface area contributed by atoms with Gasteiger partial charge in [-0.2, -0.15) is 4.31 Å². The molecule has 0 saturated carbocycles. The first-order valence-electron chi connectivity index (χ1n) is 10.7. The lowest BCUT2D eigenvalue weighted by molar-refractivity contribution is -0.147. The van der Waals surface area contributed by atoms with Crippen molar-refractivity contribution in [2.75, 3.05) is 26.2 Å². The summed E-state index contributed by atoms with van der Waals surface area (Å²) in [4.78, 5) is 26.4. The van der Waals surface area contributed by atoms with Crippen LogP contribution in [-0.2, 0) is 31.0 Å². The monoisotopic (exact) mass is 458 g/mol. The largest absolute Gasteiger partial charge is 0.461 e. The molecule has 3 rings (SSSR count). The Labute approximate surface area is 190 Å². The third-order valence-electron chi connectivity index (χ3n) is 5.62. The molecule has 0 bridgehead atoms. The fourth-order valence-corrected chi connectivity index (χ4v) is 5.32. The number of hydrogen-bond donors (Lipinski definition) is 0. The SMILES string of the molecule is Cc1ccc(COC(=O)CCC(=O)N2CCN(S(=O)(=O)c3cc(C)ccc3C)CC2)cc1. The number of piperazine rings is 1. The highest BCUT2D eigenvalue weighted by molar-refractivity contribution is 7.89. The predicted octanol–water partition coefficient (Wildman–Crippen LogP) is 2.97. The van der Waals surface area contributed by atoms with Gasteiger partial charge in [-0.05, 0) is 43.5 Å². The van der Waals surface area contributed by atoms with Gasteiger partial charge in [0.25, 0.3) is 0 Å². The lowest BCUT2D eigenvalue weighted by atomic mass is 10.2. The van der Waals surface area contributed by atoms with Crippen LogP contribution in [-0.4, -0.2) is 55.7 Å². The van der Waals surface area contributed by atoms with Crippen LogP contribution in [0.2, 0.25) is 0 Å². The Morgan fingerprint density at radius 3 is 2.16 bits per heavy atom. The molecule has 0 N–H and O–H groups in total. The van der Waals surface area contributed by atoms with Gasteiger partial charge in [0.15, 0.2) is 0 Å². The molecule has 1 aliphatic rings. The highest BCUT2D eigenvalue weighted by Gasteiger charge is 2.31. The average Bonchev–Trinajstić information content (AvgIpc) is 2.78. The van der Waals surface area contributed by atoms with Crippen molar-refractivity contribution >= 4 is 21.9 Å². The molecule has 0 spiro atoms. The van der Waals surface area contributed by atoms with E-state index in [0.717, 1.165) is 16.7 Å². The second kappa shape index (κ2) is 10.3. The second-order valence-corrected chi connectivity index (χ2v) is 10.1. The molecule has 7 nitrogen and oxygen atoms in total. The van der Waals surface area contributed by atoms with Crippen LogP contribution in [0.25, 0.3) is 0 Å². The van der Waals surface area contributed by atoms with Gasteiger partial charge in [-0.3, -0.25) is 9.59 Å². The van der Waals surface area contributed by atoms with Crippen molar-refractivity contribution in [3.8, 4) is 0 Å². The van der Waals surface area contributed by atoms with Gasteiger partial charge in [-0.25, -0.2) is 8.42 Å². The summed E-state index contributed by atoms with van der Waals surface area (Å²) in [6, 6.07) is 13.1. The van der Waals surface area contributed by atoms with Gasteiger partial charge in [0.05, 0.1) is 11.3 Å². The highest BCUT2D eigenvalue weighted by Crippen LogP contribution is 2.22. The summed E-state index contributed by atoms with van der Waals surface area (Å²) in [7, 11) is -3.61. The highest BCUT2D eigenvalue weighted by atomic mass is 32.2. The number of rotatable bonds is 7. The molecule has 0 unspecified atom stereocenters. The van der Waals surface area contributed by atoms with Crippen molar-refractivity contribution in [3.63, 3.8) is 0 Å². The van der Waals surface area contributed by atoms with E-state index in [1.165, 1.54) is 4.31 Å². The van der Waals surface area contributed by atoms with Crippen LogP contribution in [0.5, 0.6) is 0 Å². The number of hydrogen-bond acceptors (Lipinski definition) is 5. The van der Waals surface area contributed by atoms with Gasteiger partial charge >= 0.3 is 5.97 Å². The average molecular weight is 459 g/mol. The number of sulfonamides is 1. The fraction of sp³-hybridized carbons (Fsp3) is 0.417. The van der Waals surface area contributed by atoms with Crippen molar-refractivity contribution in [2.24, 2.45) is 0 Å². The van der Waals surface area contributed by atoms with E-state index in [0.29, 0.717) is 23.5 Å². The number of ether oxygens (including phenoxy) is 1. The van der Waals surface area contributed by atoms with Crippen LogP contribution < -0.4 is 0 Å². The van der Waals surface area contributed by atoms with Gasteiger partial charge in [0, 0.05) is 32.6 Å². The van der Waals surface area contributed by atoms with Crippen LogP contribution in [0, 0.1) is 20.8 Å². The minimum Gasteiger partial charge on any atom is -0.461 e. The van der Waals surface area contributed by atoms with Crippen LogP contribution >= 0.6 is 0 Å². The van der Waals surface area contributed by atoms with Gasteiger partial charge < -0.3 is 9.64 Å². The Hall–Kier alpha value is -2.71. The second-order valence-electron chi connectivity index (χ2n) is 8.20. The molecule has 2 aromatic rings. The number of carbonyl (C=O) groups is 2. The molecule has 2 aromatic carbocycles. The van der Waals surface area contributed by atoms with E-state index in [2.05, 4.69) is 0 Å². The number of aryl methyl sites for hydroxylation is 3. The maximum absolute atomic E-state index is 13.0. The Balaban J connectivity index is 1.46. The molecule has 0 aromatic heterocycles. The van der Waals surface area contributed by atoms with E-state index in [-0.39, 0.29) is 38.4 Å². The molecule has 0 atom stereocenters. The first kappa shape index (κ1) is 23.9. The summed E-state index contributed by atoms with van der Waals surface area (Å²) in [5, 5.41) is 0. The molecular weight excluding hydrogens is 428 g/mol. The molecule has 0 aliphatic carbocycles. The van der Waals surface area contributed by atoms with E-state index in [4.69, 9.17) is 4.74 Å². The summed E-state index contributed by atoms with van der Waals surface area (Å²) < 4.78 is 32.7. The normalized spacial score (nSPS) is 14.9. The first-order valence-corrected chi connectivity index (χ1v) is 12.2. The van der Waals surface area contributed by atoms with E-state index in [1.807, 2.05) is 44.2 Å². The van der Waals surface area contributed by atoms with Crippen molar-refractivity contribution in [1.82, 2.24) is 9.21 Å². The third kappa shape index (κ3) is 5.95. The molecule has 172 valence electrons. The molecule has 1 saturated heterocycles. The number of carbonyl (C=O) groups excluding carboxylic acids is 2. The van der Waals surface area contributed by atoms with Crippen molar-refractivity contribution < 1.29 is 22.7 Å². The predicted molar refractivity (Wildman–Crippen MR) is 121 cm³/mol. The van der Waals surface area contributed by atoms with Gasteiger partial charge in [0.2, 0.25) is 15.9 Å². The number of esters is 1. The van der Waals surface area contributed by atoms with E-state index >= 15 is 0 Å².